The van der Waals surface area contributed by atoms with E-state index in [9.17, 15) is 8.42 Å². The SMILES string of the molecule is Cc1ccc(C(C)NCCS(N)(=O)=O)s1. The van der Waals surface area contributed by atoms with Crippen molar-refractivity contribution in [3.05, 3.63) is 21.9 Å². The van der Waals surface area contributed by atoms with Crippen LogP contribution in [0.5, 0.6) is 0 Å². The van der Waals surface area contributed by atoms with E-state index in [2.05, 4.69) is 17.4 Å². The predicted octanol–water partition coefficient (Wildman–Crippen LogP) is 0.996. The van der Waals surface area contributed by atoms with Crippen molar-refractivity contribution in [1.82, 2.24) is 5.32 Å². The second-order valence-electron chi connectivity index (χ2n) is 3.49. The van der Waals surface area contributed by atoms with Gasteiger partial charge in [-0.2, -0.15) is 0 Å². The Balaban J connectivity index is 2.40. The van der Waals surface area contributed by atoms with Gasteiger partial charge in [0.15, 0.2) is 0 Å². The summed E-state index contributed by atoms with van der Waals surface area (Å²) in [6.07, 6.45) is 0. The average molecular weight is 248 g/mol. The summed E-state index contributed by atoms with van der Waals surface area (Å²) in [7, 11) is -3.36. The van der Waals surface area contributed by atoms with Gasteiger partial charge in [0.05, 0.1) is 5.75 Å². The number of rotatable bonds is 5. The van der Waals surface area contributed by atoms with Crippen LogP contribution in [-0.4, -0.2) is 20.7 Å². The molecule has 0 aliphatic rings. The van der Waals surface area contributed by atoms with E-state index in [-0.39, 0.29) is 11.8 Å². The van der Waals surface area contributed by atoms with E-state index in [0.717, 1.165) is 0 Å². The highest BCUT2D eigenvalue weighted by Gasteiger charge is 2.08. The van der Waals surface area contributed by atoms with Gasteiger partial charge in [0.25, 0.3) is 0 Å². The number of sulfonamides is 1. The van der Waals surface area contributed by atoms with Crippen LogP contribution in [0.1, 0.15) is 22.7 Å². The van der Waals surface area contributed by atoms with Gasteiger partial charge >= 0.3 is 0 Å². The normalized spacial score (nSPS) is 14.1. The highest BCUT2D eigenvalue weighted by atomic mass is 32.2. The number of nitrogens with one attached hydrogen (secondary N) is 1. The number of nitrogens with two attached hydrogens (primary N) is 1. The van der Waals surface area contributed by atoms with Crippen LogP contribution in [0.25, 0.3) is 0 Å². The molecule has 0 spiro atoms. The van der Waals surface area contributed by atoms with Crippen LogP contribution in [0.15, 0.2) is 12.1 Å². The second-order valence-corrected chi connectivity index (χ2v) is 6.54. The second kappa shape index (κ2) is 5.07. The van der Waals surface area contributed by atoms with Crippen molar-refractivity contribution in [1.29, 1.82) is 0 Å². The van der Waals surface area contributed by atoms with Gasteiger partial charge in [0, 0.05) is 22.3 Å². The van der Waals surface area contributed by atoms with Gasteiger partial charge in [-0.05, 0) is 26.0 Å². The zero-order chi connectivity index (χ0) is 11.5. The van der Waals surface area contributed by atoms with Crippen molar-refractivity contribution in [2.75, 3.05) is 12.3 Å². The molecule has 15 heavy (non-hydrogen) atoms. The molecular formula is C9H16N2O2S2. The maximum absolute atomic E-state index is 10.7. The minimum Gasteiger partial charge on any atom is -0.308 e. The molecule has 0 radical (unpaired) electrons. The fraction of sp³-hybridized carbons (Fsp3) is 0.556. The standard InChI is InChI=1S/C9H16N2O2S2/c1-7-3-4-9(14-7)8(2)11-5-6-15(10,12)13/h3-4,8,11H,5-6H2,1-2H3,(H2,10,12,13). The molecule has 1 heterocycles. The molecule has 0 saturated carbocycles. The summed E-state index contributed by atoms with van der Waals surface area (Å²) in [4.78, 5) is 2.46. The molecule has 4 nitrogen and oxygen atoms in total. The third kappa shape index (κ3) is 4.74. The Kier molecular flexibility index (Phi) is 4.27. The lowest BCUT2D eigenvalue weighted by Gasteiger charge is -2.10. The third-order valence-electron chi connectivity index (χ3n) is 2.03. The van der Waals surface area contributed by atoms with Gasteiger partial charge in [-0.3, -0.25) is 0 Å². The van der Waals surface area contributed by atoms with Crippen LogP contribution in [0.4, 0.5) is 0 Å². The molecule has 1 aromatic heterocycles. The lowest BCUT2D eigenvalue weighted by Crippen LogP contribution is -2.28. The molecular weight excluding hydrogens is 232 g/mol. The van der Waals surface area contributed by atoms with E-state index in [4.69, 9.17) is 5.14 Å². The highest BCUT2D eigenvalue weighted by molar-refractivity contribution is 7.89. The van der Waals surface area contributed by atoms with Gasteiger partial charge in [0.1, 0.15) is 0 Å². The summed E-state index contributed by atoms with van der Waals surface area (Å²) in [6.45, 7) is 4.44. The summed E-state index contributed by atoms with van der Waals surface area (Å²) in [6, 6.07) is 4.28. The van der Waals surface area contributed by atoms with Crippen molar-refractivity contribution in [2.45, 2.75) is 19.9 Å². The van der Waals surface area contributed by atoms with Crippen molar-refractivity contribution in [3.8, 4) is 0 Å². The van der Waals surface area contributed by atoms with Crippen molar-refractivity contribution in [3.63, 3.8) is 0 Å². The maximum atomic E-state index is 10.7. The number of hydrogen-bond acceptors (Lipinski definition) is 4. The van der Waals surface area contributed by atoms with Gasteiger partial charge in [-0.15, -0.1) is 11.3 Å². The van der Waals surface area contributed by atoms with Gasteiger partial charge in [-0.25, -0.2) is 13.6 Å². The Morgan fingerprint density at radius 1 is 1.53 bits per heavy atom. The molecule has 1 rings (SSSR count). The zero-order valence-corrected chi connectivity index (χ0v) is 10.5. The first-order valence-corrected chi connectivity index (χ1v) is 7.22. The molecule has 0 bridgehead atoms. The largest absolute Gasteiger partial charge is 0.308 e. The number of hydrogen-bond donors (Lipinski definition) is 2. The quantitative estimate of drug-likeness (QED) is 0.816. The highest BCUT2D eigenvalue weighted by Crippen LogP contribution is 2.21. The van der Waals surface area contributed by atoms with Crippen LogP contribution in [-0.2, 0) is 10.0 Å². The monoisotopic (exact) mass is 248 g/mol. The first-order valence-electron chi connectivity index (χ1n) is 4.68. The molecule has 1 aromatic rings. The summed E-state index contributed by atoms with van der Waals surface area (Å²) in [5, 5.41) is 8.02. The smallest absolute Gasteiger partial charge is 0.210 e. The Bertz CT molecular complexity index is 412. The first kappa shape index (κ1) is 12.6. The van der Waals surface area contributed by atoms with Gasteiger partial charge < -0.3 is 5.32 Å². The molecule has 1 atom stereocenters. The molecule has 0 saturated heterocycles. The van der Waals surface area contributed by atoms with E-state index in [1.165, 1.54) is 9.75 Å². The topological polar surface area (TPSA) is 72.2 Å². The number of aryl methyl sites for hydroxylation is 1. The molecule has 6 heteroatoms. The lowest BCUT2D eigenvalue weighted by atomic mass is 10.3. The van der Waals surface area contributed by atoms with Crippen molar-refractivity contribution >= 4 is 21.4 Å². The molecule has 3 N–H and O–H groups in total. The zero-order valence-electron chi connectivity index (χ0n) is 8.86. The predicted molar refractivity (Wildman–Crippen MR) is 63.4 cm³/mol. The molecule has 1 unspecified atom stereocenters. The molecule has 0 aliphatic carbocycles. The van der Waals surface area contributed by atoms with E-state index in [1.807, 2.05) is 13.8 Å². The lowest BCUT2D eigenvalue weighted by molar-refractivity contribution is 0.577. The maximum Gasteiger partial charge on any atom is 0.210 e. The number of primary sulfonamides is 1. The van der Waals surface area contributed by atoms with Crippen molar-refractivity contribution in [2.24, 2.45) is 5.14 Å². The molecule has 0 amide bonds. The van der Waals surface area contributed by atoms with Crippen LogP contribution in [0.2, 0.25) is 0 Å². The first-order chi connectivity index (χ1) is 6.88. The molecule has 0 aromatic carbocycles. The van der Waals surface area contributed by atoms with E-state index >= 15 is 0 Å². The molecule has 86 valence electrons. The Labute approximate surface area is 94.5 Å². The third-order valence-corrected chi connectivity index (χ3v) is 3.98. The van der Waals surface area contributed by atoms with Crippen LogP contribution < -0.4 is 10.5 Å². The minimum absolute atomic E-state index is 0.0261. The van der Waals surface area contributed by atoms with Crippen LogP contribution in [0.3, 0.4) is 0 Å². The Morgan fingerprint density at radius 3 is 2.67 bits per heavy atom. The van der Waals surface area contributed by atoms with Gasteiger partial charge in [-0.1, -0.05) is 0 Å². The summed E-state index contributed by atoms with van der Waals surface area (Å²) in [5.74, 6) is -0.0261. The van der Waals surface area contributed by atoms with E-state index < -0.39 is 10.0 Å². The Hall–Kier alpha value is -0.430. The average Bonchev–Trinajstić information content (AvgIpc) is 2.49. The fourth-order valence-electron chi connectivity index (χ4n) is 1.20. The minimum atomic E-state index is -3.36. The summed E-state index contributed by atoms with van der Waals surface area (Å²) >= 11 is 1.71. The fourth-order valence-corrected chi connectivity index (χ4v) is 2.51. The van der Waals surface area contributed by atoms with E-state index in [1.54, 1.807) is 11.3 Å². The molecule has 0 fully saturated rings. The van der Waals surface area contributed by atoms with Gasteiger partial charge in [0.2, 0.25) is 10.0 Å². The summed E-state index contributed by atoms with van der Waals surface area (Å²) in [5.41, 5.74) is 0. The number of thiophene rings is 1. The summed E-state index contributed by atoms with van der Waals surface area (Å²) < 4.78 is 21.4. The van der Waals surface area contributed by atoms with E-state index in [0.29, 0.717) is 6.54 Å². The van der Waals surface area contributed by atoms with Crippen LogP contribution >= 0.6 is 11.3 Å². The van der Waals surface area contributed by atoms with Crippen LogP contribution in [0, 0.1) is 6.92 Å². The molecule has 0 aliphatic heterocycles. The Morgan fingerprint density at radius 2 is 2.20 bits per heavy atom. The van der Waals surface area contributed by atoms with Crippen molar-refractivity contribution < 1.29 is 8.42 Å².